The molecule has 0 saturated heterocycles. The van der Waals surface area contributed by atoms with Gasteiger partial charge in [0.15, 0.2) is 6.29 Å². The van der Waals surface area contributed by atoms with Gasteiger partial charge < -0.3 is 5.73 Å². The van der Waals surface area contributed by atoms with Crippen LogP contribution >= 0.6 is 0 Å². The molecule has 0 aliphatic rings. The van der Waals surface area contributed by atoms with Gasteiger partial charge in [0.1, 0.15) is 5.69 Å². The third-order valence-corrected chi connectivity index (χ3v) is 0.956. The second-order valence-electron chi connectivity index (χ2n) is 1.64. The second kappa shape index (κ2) is 2.30. The predicted octanol–water partition coefficient (Wildman–Crippen LogP) is -0.378. The molecule has 52 valence electrons. The number of nitrogens with two attached hydrogens (primary N) is 1. The minimum atomic E-state index is -0.701. The molecule has 1 rings (SSSR count). The molecule has 5 heteroatoms. The van der Waals surface area contributed by atoms with E-state index in [4.69, 9.17) is 5.73 Å². The van der Waals surface area contributed by atoms with Crippen molar-refractivity contribution in [2.75, 3.05) is 0 Å². The van der Waals surface area contributed by atoms with Crippen molar-refractivity contribution in [3.63, 3.8) is 0 Å². The third-order valence-electron chi connectivity index (χ3n) is 0.956. The summed E-state index contributed by atoms with van der Waals surface area (Å²) >= 11 is 0. The molecule has 0 aromatic carbocycles. The molecule has 0 aliphatic heterocycles. The number of hydrogen-bond donors (Lipinski definition) is 1. The zero-order chi connectivity index (χ0) is 7.56. The van der Waals surface area contributed by atoms with Crippen LogP contribution in [0.3, 0.4) is 0 Å². The summed E-state index contributed by atoms with van der Waals surface area (Å²) in [6.07, 6.45) is 1.87. The Bertz CT molecular complexity index is 266. The number of hydrogen-bond acceptors (Lipinski definition) is 3. The van der Waals surface area contributed by atoms with Crippen molar-refractivity contribution in [1.82, 2.24) is 9.78 Å². The summed E-state index contributed by atoms with van der Waals surface area (Å²) < 4.78 is 0.893. The minimum Gasteiger partial charge on any atom is -0.350 e. The quantitative estimate of drug-likeness (QED) is 0.539. The van der Waals surface area contributed by atoms with E-state index in [9.17, 15) is 9.59 Å². The molecule has 0 atom stereocenters. The summed E-state index contributed by atoms with van der Waals surface area (Å²) in [7, 11) is 0. The number of carbonyl (C=O) groups excluding carboxylic acids is 2. The molecule has 1 heterocycles. The van der Waals surface area contributed by atoms with Gasteiger partial charge in [-0.3, -0.25) is 4.79 Å². The van der Waals surface area contributed by atoms with E-state index in [1.54, 1.807) is 0 Å². The average molecular weight is 139 g/mol. The maximum Gasteiger partial charge on any atom is 0.339 e. The van der Waals surface area contributed by atoms with Gasteiger partial charge in [-0.1, -0.05) is 0 Å². The molecule has 1 aromatic rings. The number of amides is 1. The standard InChI is InChI=1S/C5H5N3O2/c6-5(10)8-2-1-4(3-9)7-8/h1-3H,(H2,6,10). The molecule has 0 radical (unpaired) electrons. The van der Waals surface area contributed by atoms with E-state index in [2.05, 4.69) is 5.10 Å². The van der Waals surface area contributed by atoms with Crippen LogP contribution in [0.1, 0.15) is 10.5 Å². The lowest BCUT2D eigenvalue weighted by atomic mass is 10.5. The van der Waals surface area contributed by atoms with Crippen LogP contribution in [0.5, 0.6) is 0 Å². The summed E-state index contributed by atoms with van der Waals surface area (Å²) in [6.45, 7) is 0. The Morgan fingerprint density at radius 1 is 1.80 bits per heavy atom. The number of carbonyl (C=O) groups is 2. The van der Waals surface area contributed by atoms with Crippen LogP contribution in [0.4, 0.5) is 4.79 Å². The first kappa shape index (κ1) is 6.47. The minimum absolute atomic E-state index is 0.193. The summed E-state index contributed by atoms with van der Waals surface area (Å²) in [4.78, 5) is 20.4. The Morgan fingerprint density at radius 2 is 2.50 bits per heavy atom. The molecular weight excluding hydrogens is 134 g/mol. The molecule has 1 aromatic heterocycles. The maximum absolute atomic E-state index is 10.3. The van der Waals surface area contributed by atoms with Crippen LogP contribution in [-0.4, -0.2) is 22.1 Å². The van der Waals surface area contributed by atoms with E-state index in [1.807, 2.05) is 0 Å². The monoisotopic (exact) mass is 139 g/mol. The van der Waals surface area contributed by atoms with Gasteiger partial charge in [0, 0.05) is 6.20 Å². The van der Waals surface area contributed by atoms with E-state index in [1.165, 1.54) is 12.3 Å². The van der Waals surface area contributed by atoms with Crippen molar-refractivity contribution in [2.24, 2.45) is 5.73 Å². The summed E-state index contributed by atoms with van der Waals surface area (Å²) in [5.74, 6) is 0. The smallest absolute Gasteiger partial charge is 0.339 e. The molecule has 0 unspecified atom stereocenters. The van der Waals surface area contributed by atoms with Crippen LogP contribution in [-0.2, 0) is 0 Å². The molecule has 2 N–H and O–H groups in total. The first-order valence-electron chi connectivity index (χ1n) is 2.54. The van der Waals surface area contributed by atoms with Gasteiger partial charge in [0.25, 0.3) is 0 Å². The number of aldehydes is 1. The molecule has 0 aliphatic carbocycles. The molecule has 0 fully saturated rings. The molecule has 1 amide bonds. The fourth-order valence-electron chi connectivity index (χ4n) is 0.524. The normalized spacial score (nSPS) is 9.20. The summed E-state index contributed by atoms with van der Waals surface area (Å²) in [6, 6.07) is 0.700. The van der Waals surface area contributed by atoms with Crippen molar-refractivity contribution >= 4 is 12.3 Å². The Kier molecular flexibility index (Phi) is 1.49. The van der Waals surface area contributed by atoms with Gasteiger partial charge in [0.05, 0.1) is 0 Å². The van der Waals surface area contributed by atoms with Gasteiger partial charge in [0.2, 0.25) is 0 Å². The molecular formula is C5H5N3O2. The number of nitrogens with zero attached hydrogens (tertiary/aromatic N) is 2. The number of aromatic nitrogens is 2. The molecule has 10 heavy (non-hydrogen) atoms. The first-order chi connectivity index (χ1) is 4.74. The number of rotatable bonds is 1. The topological polar surface area (TPSA) is 78.0 Å². The van der Waals surface area contributed by atoms with Gasteiger partial charge in [-0.15, -0.1) is 0 Å². The highest BCUT2D eigenvalue weighted by Gasteiger charge is 1.99. The lowest BCUT2D eigenvalue weighted by Gasteiger charge is -1.87. The highest BCUT2D eigenvalue weighted by molar-refractivity contribution is 5.76. The van der Waals surface area contributed by atoms with Gasteiger partial charge in [-0.2, -0.15) is 9.78 Å². The Hall–Kier alpha value is -1.65. The van der Waals surface area contributed by atoms with E-state index in [0.717, 1.165) is 4.68 Å². The lowest BCUT2D eigenvalue weighted by Crippen LogP contribution is -2.19. The molecule has 0 spiro atoms. The average Bonchev–Trinajstić information content (AvgIpc) is 2.34. The van der Waals surface area contributed by atoms with Crippen molar-refractivity contribution in [1.29, 1.82) is 0 Å². The SMILES string of the molecule is NC(=O)n1ccc(C=O)n1. The predicted molar refractivity (Wildman–Crippen MR) is 32.6 cm³/mol. The lowest BCUT2D eigenvalue weighted by molar-refractivity contribution is 0.111. The highest BCUT2D eigenvalue weighted by atomic mass is 16.2. The first-order valence-corrected chi connectivity index (χ1v) is 2.54. The summed E-state index contributed by atoms with van der Waals surface area (Å²) in [5.41, 5.74) is 5.02. The van der Waals surface area contributed by atoms with Gasteiger partial charge in [-0.25, -0.2) is 4.79 Å². The largest absolute Gasteiger partial charge is 0.350 e. The van der Waals surface area contributed by atoms with Crippen molar-refractivity contribution in [2.45, 2.75) is 0 Å². The fraction of sp³-hybridized carbons (Fsp3) is 0. The fourth-order valence-corrected chi connectivity index (χ4v) is 0.524. The maximum atomic E-state index is 10.3. The van der Waals surface area contributed by atoms with Gasteiger partial charge >= 0.3 is 6.03 Å². The number of primary amides is 1. The molecule has 0 saturated carbocycles. The molecule has 0 bridgehead atoms. The van der Waals surface area contributed by atoms with E-state index in [0.29, 0.717) is 6.29 Å². The Balaban J connectivity index is 2.98. The zero-order valence-electron chi connectivity index (χ0n) is 5.02. The second-order valence-corrected chi connectivity index (χ2v) is 1.64. The highest BCUT2D eigenvalue weighted by Crippen LogP contribution is 1.88. The Labute approximate surface area is 56.4 Å². The Morgan fingerprint density at radius 3 is 2.80 bits per heavy atom. The van der Waals surface area contributed by atoms with Crippen molar-refractivity contribution in [3.8, 4) is 0 Å². The van der Waals surface area contributed by atoms with E-state index < -0.39 is 6.03 Å². The molecule has 5 nitrogen and oxygen atoms in total. The van der Waals surface area contributed by atoms with Gasteiger partial charge in [-0.05, 0) is 6.07 Å². The van der Waals surface area contributed by atoms with Crippen LogP contribution in [0.25, 0.3) is 0 Å². The van der Waals surface area contributed by atoms with E-state index in [-0.39, 0.29) is 5.69 Å². The van der Waals surface area contributed by atoms with Crippen LogP contribution < -0.4 is 5.73 Å². The van der Waals surface area contributed by atoms with Crippen LogP contribution in [0.15, 0.2) is 12.3 Å². The van der Waals surface area contributed by atoms with Crippen molar-refractivity contribution < 1.29 is 9.59 Å². The van der Waals surface area contributed by atoms with Crippen LogP contribution in [0, 0.1) is 0 Å². The zero-order valence-corrected chi connectivity index (χ0v) is 5.02. The van der Waals surface area contributed by atoms with Crippen LogP contribution in [0.2, 0.25) is 0 Å². The van der Waals surface area contributed by atoms with E-state index >= 15 is 0 Å². The van der Waals surface area contributed by atoms with Crippen molar-refractivity contribution in [3.05, 3.63) is 18.0 Å². The summed E-state index contributed by atoms with van der Waals surface area (Å²) in [5, 5.41) is 3.50. The third kappa shape index (κ3) is 1.02.